The van der Waals surface area contributed by atoms with Gasteiger partial charge in [0, 0.05) is 26.7 Å². The van der Waals surface area contributed by atoms with Crippen molar-refractivity contribution in [1.29, 1.82) is 0 Å². The maximum atomic E-state index is 12.5. The smallest absolute Gasteiger partial charge is 0.262 e. The van der Waals surface area contributed by atoms with Crippen LogP contribution in [0.4, 0.5) is 0 Å². The van der Waals surface area contributed by atoms with Gasteiger partial charge in [-0.3, -0.25) is 9.48 Å². The van der Waals surface area contributed by atoms with Crippen molar-refractivity contribution in [2.45, 2.75) is 11.1 Å². The van der Waals surface area contributed by atoms with Crippen molar-refractivity contribution in [2.24, 2.45) is 12.8 Å². The van der Waals surface area contributed by atoms with E-state index in [0.717, 1.165) is 8.99 Å². The minimum absolute atomic E-state index is 0.0178. The molecular formula is C9H14ClN5O3S. The van der Waals surface area contributed by atoms with Gasteiger partial charge < -0.3 is 11.1 Å². The van der Waals surface area contributed by atoms with E-state index in [9.17, 15) is 13.2 Å². The molecule has 0 bridgehead atoms. The van der Waals surface area contributed by atoms with Crippen LogP contribution in [-0.2, 0) is 21.9 Å². The summed E-state index contributed by atoms with van der Waals surface area (Å²) in [6.45, 7) is 0.778. The van der Waals surface area contributed by atoms with Crippen molar-refractivity contribution >= 4 is 27.5 Å². The topological polar surface area (TPSA) is 110 Å². The van der Waals surface area contributed by atoms with Crippen molar-refractivity contribution < 1.29 is 13.2 Å². The van der Waals surface area contributed by atoms with Gasteiger partial charge in [-0.05, 0) is 0 Å². The van der Waals surface area contributed by atoms with Crippen LogP contribution in [0.5, 0.6) is 0 Å². The van der Waals surface area contributed by atoms with Gasteiger partial charge in [-0.1, -0.05) is 11.6 Å². The highest BCUT2D eigenvalue weighted by Gasteiger charge is 2.39. The maximum Gasteiger partial charge on any atom is 0.262 e. The van der Waals surface area contributed by atoms with Gasteiger partial charge in [-0.15, -0.1) is 0 Å². The summed E-state index contributed by atoms with van der Waals surface area (Å²) in [5.41, 5.74) is 5.24. The molecule has 3 N–H and O–H groups in total. The number of hydrogen-bond acceptors (Lipinski definition) is 5. The van der Waals surface area contributed by atoms with E-state index in [-0.39, 0.29) is 23.1 Å². The standard InChI is InChI=1S/C9H14ClN5O3S/c1-14-9(6(10)4-13-14)19(17,18)15-3-2-12-5-7(15)8(11)16/h4,7,12H,2-3,5H2,1H3,(H2,11,16). The zero-order valence-electron chi connectivity index (χ0n) is 10.2. The highest BCUT2D eigenvalue weighted by Crippen LogP contribution is 2.25. The zero-order chi connectivity index (χ0) is 14.2. The van der Waals surface area contributed by atoms with Crippen LogP contribution >= 0.6 is 11.6 Å². The average molecular weight is 308 g/mol. The third kappa shape index (κ3) is 2.46. The molecule has 0 saturated carbocycles. The van der Waals surface area contributed by atoms with E-state index in [1.54, 1.807) is 0 Å². The summed E-state index contributed by atoms with van der Waals surface area (Å²) < 4.78 is 27.3. The van der Waals surface area contributed by atoms with E-state index in [0.29, 0.717) is 6.54 Å². The van der Waals surface area contributed by atoms with E-state index in [1.807, 2.05) is 0 Å². The van der Waals surface area contributed by atoms with E-state index >= 15 is 0 Å². The molecule has 0 aromatic carbocycles. The van der Waals surface area contributed by atoms with E-state index < -0.39 is 22.0 Å². The van der Waals surface area contributed by atoms with Crippen molar-refractivity contribution in [2.75, 3.05) is 19.6 Å². The van der Waals surface area contributed by atoms with Crippen molar-refractivity contribution in [1.82, 2.24) is 19.4 Å². The molecule has 1 aliphatic rings. The Balaban J connectivity index is 2.46. The third-order valence-electron chi connectivity index (χ3n) is 2.92. The Morgan fingerprint density at radius 1 is 1.63 bits per heavy atom. The first-order valence-corrected chi connectivity index (χ1v) is 7.37. The second-order valence-electron chi connectivity index (χ2n) is 4.16. The number of nitrogens with zero attached hydrogens (tertiary/aromatic N) is 3. The number of carbonyl (C=O) groups excluding carboxylic acids is 1. The summed E-state index contributed by atoms with van der Waals surface area (Å²) in [7, 11) is -2.44. The van der Waals surface area contributed by atoms with Crippen LogP contribution < -0.4 is 11.1 Å². The molecule has 106 valence electrons. The summed E-state index contributed by atoms with van der Waals surface area (Å²) in [5.74, 6) is -0.700. The molecule has 1 aromatic heterocycles. The quantitative estimate of drug-likeness (QED) is 0.708. The van der Waals surface area contributed by atoms with Gasteiger partial charge >= 0.3 is 0 Å². The van der Waals surface area contributed by atoms with Gasteiger partial charge in [0.2, 0.25) is 5.91 Å². The molecule has 2 rings (SSSR count). The van der Waals surface area contributed by atoms with Gasteiger partial charge in [0.05, 0.1) is 11.2 Å². The Bertz CT molecular complexity index is 579. The monoisotopic (exact) mass is 307 g/mol. The lowest BCUT2D eigenvalue weighted by Crippen LogP contribution is -2.58. The van der Waals surface area contributed by atoms with Gasteiger partial charge in [-0.2, -0.15) is 9.40 Å². The number of rotatable bonds is 3. The first kappa shape index (κ1) is 14.3. The van der Waals surface area contributed by atoms with Crippen LogP contribution in [0.25, 0.3) is 0 Å². The Hall–Kier alpha value is -1.16. The summed E-state index contributed by atoms with van der Waals surface area (Å²) >= 11 is 5.86. The van der Waals surface area contributed by atoms with Gasteiger partial charge in [0.15, 0.2) is 5.03 Å². The molecule has 1 unspecified atom stereocenters. The molecule has 1 atom stereocenters. The minimum atomic E-state index is -3.91. The Morgan fingerprint density at radius 2 is 2.32 bits per heavy atom. The Labute approximate surface area is 115 Å². The zero-order valence-corrected chi connectivity index (χ0v) is 11.8. The average Bonchev–Trinajstić information content (AvgIpc) is 2.69. The number of nitrogens with one attached hydrogen (secondary N) is 1. The van der Waals surface area contributed by atoms with Crippen LogP contribution in [0.15, 0.2) is 11.2 Å². The van der Waals surface area contributed by atoms with Crippen LogP contribution in [0.2, 0.25) is 5.02 Å². The highest BCUT2D eigenvalue weighted by molar-refractivity contribution is 7.89. The van der Waals surface area contributed by atoms with E-state index in [2.05, 4.69) is 10.4 Å². The third-order valence-corrected chi connectivity index (χ3v) is 5.33. The molecule has 2 heterocycles. The lowest BCUT2D eigenvalue weighted by atomic mass is 10.2. The molecule has 8 nitrogen and oxygen atoms in total. The highest BCUT2D eigenvalue weighted by atomic mass is 35.5. The van der Waals surface area contributed by atoms with E-state index in [4.69, 9.17) is 17.3 Å². The Kier molecular flexibility index (Phi) is 3.81. The fraction of sp³-hybridized carbons (Fsp3) is 0.556. The normalized spacial score (nSPS) is 21.5. The van der Waals surface area contributed by atoms with Crippen molar-refractivity contribution in [3.63, 3.8) is 0 Å². The first-order valence-electron chi connectivity index (χ1n) is 5.55. The number of nitrogens with two attached hydrogens (primary N) is 1. The van der Waals surface area contributed by atoms with Gasteiger partial charge in [-0.25, -0.2) is 8.42 Å². The minimum Gasteiger partial charge on any atom is -0.368 e. The maximum absolute atomic E-state index is 12.5. The number of amides is 1. The summed E-state index contributed by atoms with van der Waals surface area (Å²) in [4.78, 5) is 11.4. The number of primary amides is 1. The van der Waals surface area contributed by atoms with Crippen molar-refractivity contribution in [3.05, 3.63) is 11.2 Å². The number of aromatic nitrogens is 2. The van der Waals surface area contributed by atoms with Crippen LogP contribution in [0, 0.1) is 0 Å². The van der Waals surface area contributed by atoms with Crippen LogP contribution in [0.1, 0.15) is 0 Å². The summed E-state index contributed by atoms with van der Waals surface area (Å²) in [6.07, 6.45) is 1.25. The second kappa shape index (κ2) is 5.08. The molecular weight excluding hydrogens is 294 g/mol. The molecule has 1 aliphatic heterocycles. The number of aryl methyl sites for hydroxylation is 1. The summed E-state index contributed by atoms with van der Waals surface area (Å²) in [5, 5.41) is 6.61. The van der Waals surface area contributed by atoms with Crippen LogP contribution in [0.3, 0.4) is 0 Å². The van der Waals surface area contributed by atoms with Gasteiger partial charge in [0.25, 0.3) is 10.0 Å². The lowest BCUT2D eigenvalue weighted by Gasteiger charge is -2.32. The number of hydrogen-bond donors (Lipinski definition) is 2. The molecule has 0 radical (unpaired) electrons. The molecule has 0 spiro atoms. The fourth-order valence-electron chi connectivity index (χ4n) is 2.02. The summed E-state index contributed by atoms with van der Waals surface area (Å²) in [6, 6.07) is -0.926. The molecule has 10 heteroatoms. The number of piperazine rings is 1. The predicted octanol–water partition coefficient (Wildman–Crippen LogP) is -1.48. The molecule has 19 heavy (non-hydrogen) atoms. The Morgan fingerprint density at radius 3 is 2.84 bits per heavy atom. The van der Waals surface area contributed by atoms with Gasteiger partial charge in [0.1, 0.15) is 6.04 Å². The number of halogens is 1. The molecule has 0 aliphatic carbocycles. The SMILES string of the molecule is Cn1ncc(Cl)c1S(=O)(=O)N1CCNCC1C(N)=O. The largest absolute Gasteiger partial charge is 0.368 e. The molecule has 1 fully saturated rings. The fourth-order valence-corrected chi connectivity index (χ4v) is 4.22. The molecule has 1 saturated heterocycles. The van der Waals surface area contributed by atoms with Crippen LogP contribution in [-0.4, -0.2) is 54.1 Å². The van der Waals surface area contributed by atoms with Crippen molar-refractivity contribution in [3.8, 4) is 0 Å². The lowest BCUT2D eigenvalue weighted by molar-refractivity contribution is -0.122. The number of carbonyl (C=O) groups is 1. The first-order chi connectivity index (χ1) is 8.85. The molecule has 1 amide bonds. The predicted molar refractivity (Wildman–Crippen MR) is 68.0 cm³/mol. The van der Waals surface area contributed by atoms with E-state index in [1.165, 1.54) is 13.2 Å². The number of sulfonamides is 1. The molecule has 1 aromatic rings. The second-order valence-corrected chi connectivity index (χ2v) is 6.37.